The Morgan fingerprint density at radius 2 is 2.00 bits per heavy atom. The smallest absolute Gasteiger partial charge is 0.248 e. The summed E-state index contributed by atoms with van der Waals surface area (Å²) in [5, 5.41) is 6.17. The molecule has 0 spiro atoms. The highest BCUT2D eigenvalue weighted by atomic mass is 19.3. The maximum Gasteiger partial charge on any atom is 0.248 e. The molecule has 5 heteroatoms. The van der Waals surface area contributed by atoms with Crippen molar-refractivity contribution in [2.24, 2.45) is 5.92 Å². The molecule has 1 heterocycles. The van der Waals surface area contributed by atoms with Crippen molar-refractivity contribution in [2.45, 2.75) is 50.5 Å². The summed E-state index contributed by atoms with van der Waals surface area (Å²) in [7, 11) is 0. The second kappa shape index (κ2) is 5.29. The molecule has 1 amide bonds. The molecule has 0 radical (unpaired) electrons. The third-order valence-corrected chi connectivity index (χ3v) is 3.77. The van der Waals surface area contributed by atoms with E-state index in [1.54, 1.807) is 0 Å². The summed E-state index contributed by atoms with van der Waals surface area (Å²) >= 11 is 0. The standard InChI is InChI=1S/C12H20F2N2O/c13-12(14)5-3-9(4-6-12)11(17)16-8-10-2-1-7-15-10/h9-10,15H,1-8H2,(H,16,17)/t10-/m1/s1. The van der Waals surface area contributed by atoms with E-state index in [0.717, 1.165) is 19.4 Å². The van der Waals surface area contributed by atoms with Crippen molar-refractivity contribution in [2.75, 3.05) is 13.1 Å². The molecule has 1 saturated carbocycles. The average molecular weight is 246 g/mol. The van der Waals surface area contributed by atoms with Gasteiger partial charge in [-0.25, -0.2) is 8.78 Å². The SMILES string of the molecule is O=C(NC[C@H]1CCCN1)C1CCC(F)(F)CC1. The molecule has 2 N–H and O–H groups in total. The Balaban J connectivity index is 1.69. The van der Waals surface area contributed by atoms with Crippen molar-refractivity contribution in [1.82, 2.24) is 10.6 Å². The van der Waals surface area contributed by atoms with Crippen molar-refractivity contribution in [3.8, 4) is 0 Å². The molecule has 0 bridgehead atoms. The van der Waals surface area contributed by atoms with E-state index in [0.29, 0.717) is 25.4 Å². The molecule has 17 heavy (non-hydrogen) atoms. The highest BCUT2D eigenvalue weighted by Gasteiger charge is 2.37. The average Bonchev–Trinajstić information content (AvgIpc) is 2.78. The summed E-state index contributed by atoms with van der Waals surface area (Å²) in [5.41, 5.74) is 0. The summed E-state index contributed by atoms with van der Waals surface area (Å²) in [6, 6.07) is 0.365. The Morgan fingerprint density at radius 1 is 1.29 bits per heavy atom. The van der Waals surface area contributed by atoms with Crippen molar-refractivity contribution >= 4 is 5.91 Å². The Kier molecular flexibility index (Phi) is 3.97. The molecule has 2 aliphatic rings. The zero-order valence-electron chi connectivity index (χ0n) is 9.98. The molecule has 1 aliphatic carbocycles. The highest BCUT2D eigenvalue weighted by Crippen LogP contribution is 2.36. The minimum absolute atomic E-state index is 0.0470. The Morgan fingerprint density at radius 3 is 2.59 bits per heavy atom. The third kappa shape index (κ3) is 3.63. The van der Waals surface area contributed by atoms with E-state index in [1.807, 2.05) is 0 Å². The van der Waals surface area contributed by atoms with Gasteiger partial charge in [-0.15, -0.1) is 0 Å². The largest absolute Gasteiger partial charge is 0.354 e. The molecular weight excluding hydrogens is 226 g/mol. The van der Waals surface area contributed by atoms with Gasteiger partial charge < -0.3 is 10.6 Å². The minimum Gasteiger partial charge on any atom is -0.354 e. The van der Waals surface area contributed by atoms with Crippen LogP contribution in [-0.2, 0) is 4.79 Å². The third-order valence-electron chi connectivity index (χ3n) is 3.77. The molecule has 0 aromatic heterocycles. The number of carbonyl (C=O) groups excluding carboxylic acids is 1. The maximum atomic E-state index is 12.9. The van der Waals surface area contributed by atoms with Gasteiger partial charge in [0.15, 0.2) is 0 Å². The lowest BCUT2D eigenvalue weighted by Gasteiger charge is -2.27. The molecule has 2 fully saturated rings. The number of hydrogen-bond donors (Lipinski definition) is 2. The Bertz CT molecular complexity index is 268. The van der Waals surface area contributed by atoms with Crippen LogP contribution >= 0.6 is 0 Å². The zero-order chi connectivity index (χ0) is 12.3. The van der Waals surface area contributed by atoms with Crippen LogP contribution in [0.2, 0.25) is 0 Å². The van der Waals surface area contributed by atoms with E-state index in [1.165, 1.54) is 0 Å². The summed E-state index contributed by atoms with van der Waals surface area (Å²) in [5.74, 6) is -2.81. The van der Waals surface area contributed by atoms with Gasteiger partial charge in [0.1, 0.15) is 0 Å². The van der Waals surface area contributed by atoms with E-state index in [9.17, 15) is 13.6 Å². The molecule has 1 aliphatic heterocycles. The molecule has 2 rings (SSSR count). The number of alkyl halides is 2. The summed E-state index contributed by atoms with van der Waals surface area (Å²) in [4.78, 5) is 11.8. The van der Waals surface area contributed by atoms with Gasteiger partial charge in [0.2, 0.25) is 11.8 Å². The molecular formula is C12H20F2N2O. The van der Waals surface area contributed by atoms with Gasteiger partial charge in [-0.05, 0) is 32.2 Å². The van der Waals surface area contributed by atoms with Crippen molar-refractivity contribution in [1.29, 1.82) is 0 Å². The molecule has 0 aromatic rings. The number of nitrogens with one attached hydrogen (secondary N) is 2. The fraction of sp³-hybridized carbons (Fsp3) is 0.917. The van der Waals surface area contributed by atoms with Crippen LogP contribution in [-0.4, -0.2) is 31.0 Å². The fourth-order valence-electron chi connectivity index (χ4n) is 2.60. The second-order valence-corrected chi connectivity index (χ2v) is 5.17. The summed E-state index contributed by atoms with van der Waals surface area (Å²) < 4.78 is 25.9. The van der Waals surface area contributed by atoms with Gasteiger partial charge in [0.05, 0.1) is 0 Å². The number of rotatable bonds is 3. The first-order valence-corrected chi connectivity index (χ1v) is 6.46. The van der Waals surface area contributed by atoms with E-state index < -0.39 is 5.92 Å². The van der Waals surface area contributed by atoms with Crippen molar-refractivity contribution < 1.29 is 13.6 Å². The van der Waals surface area contributed by atoms with Crippen LogP contribution in [0, 0.1) is 5.92 Å². The molecule has 98 valence electrons. The highest BCUT2D eigenvalue weighted by molar-refractivity contribution is 5.78. The topological polar surface area (TPSA) is 41.1 Å². The lowest BCUT2D eigenvalue weighted by atomic mass is 9.86. The van der Waals surface area contributed by atoms with Gasteiger partial charge in [-0.3, -0.25) is 4.79 Å². The number of amides is 1. The van der Waals surface area contributed by atoms with E-state index in [2.05, 4.69) is 10.6 Å². The first kappa shape index (κ1) is 12.7. The zero-order valence-corrected chi connectivity index (χ0v) is 9.98. The lowest BCUT2D eigenvalue weighted by Crippen LogP contribution is -2.41. The molecule has 0 unspecified atom stereocenters. The Labute approximate surface area is 100 Å². The molecule has 3 nitrogen and oxygen atoms in total. The van der Waals surface area contributed by atoms with Crippen LogP contribution < -0.4 is 10.6 Å². The predicted octanol–water partition coefficient (Wildman–Crippen LogP) is 1.68. The monoisotopic (exact) mass is 246 g/mol. The van der Waals surface area contributed by atoms with Crippen molar-refractivity contribution in [3.05, 3.63) is 0 Å². The van der Waals surface area contributed by atoms with Gasteiger partial charge in [0.25, 0.3) is 0 Å². The molecule has 1 saturated heterocycles. The van der Waals surface area contributed by atoms with Gasteiger partial charge in [-0.1, -0.05) is 0 Å². The van der Waals surface area contributed by atoms with Gasteiger partial charge in [-0.2, -0.15) is 0 Å². The Hall–Kier alpha value is -0.710. The predicted molar refractivity (Wildman–Crippen MR) is 60.9 cm³/mol. The fourth-order valence-corrected chi connectivity index (χ4v) is 2.60. The first-order chi connectivity index (χ1) is 8.07. The number of hydrogen-bond acceptors (Lipinski definition) is 2. The lowest BCUT2D eigenvalue weighted by molar-refractivity contribution is -0.129. The van der Waals surface area contributed by atoms with E-state index >= 15 is 0 Å². The van der Waals surface area contributed by atoms with Crippen LogP contribution in [0.1, 0.15) is 38.5 Å². The van der Waals surface area contributed by atoms with Gasteiger partial charge in [0, 0.05) is 31.3 Å². The van der Waals surface area contributed by atoms with E-state index in [-0.39, 0.29) is 24.7 Å². The minimum atomic E-state index is -2.55. The first-order valence-electron chi connectivity index (χ1n) is 6.46. The second-order valence-electron chi connectivity index (χ2n) is 5.17. The van der Waals surface area contributed by atoms with Crippen LogP contribution in [0.3, 0.4) is 0 Å². The normalized spacial score (nSPS) is 29.2. The maximum absolute atomic E-state index is 12.9. The molecule has 0 aromatic carbocycles. The van der Waals surface area contributed by atoms with Crippen LogP contribution in [0.4, 0.5) is 8.78 Å². The van der Waals surface area contributed by atoms with Crippen LogP contribution in [0.15, 0.2) is 0 Å². The summed E-state index contributed by atoms with van der Waals surface area (Å²) in [6.07, 6.45) is 2.58. The van der Waals surface area contributed by atoms with Gasteiger partial charge >= 0.3 is 0 Å². The number of carbonyl (C=O) groups is 1. The van der Waals surface area contributed by atoms with Crippen LogP contribution in [0.25, 0.3) is 0 Å². The number of halogens is 2. The van der Waals surface area contributed by atoms with Crippen molar-refractivity contribution in [3.63, 3.8) is 0 Å². The van der Waals surface area contributed by atoms with E-state index in [4.69, 9.17) is 0 Å². The molecule has 1 atom stereocenters. The summed E-state index contributed by atoms with van der Waals surface area (Å²) in [6.45, 7) is 1.64. The quantitative estimate of drug-likeness (QED) is 0.795. The van der Waals surface area contributed by atoms with Crippen LogP contribution in [0.5, 0.6) is 0 Å².